The van der Waals surface area contributed by atoms with E-state index in [2.05, 4.69) is 4.98 Å². The number of pyridine rings is 1. The number of rotatable bonds is 1. The first-order valence-corrected chi connectivity index (χ1v) is 4.75. The first-order chi connectivity index (χ1) is 7.59. The van der Waals surface area contributed by atoms with E-state index in [1.54, 1.807) is 18.3 Å². The van der Waals surface area contributed by atoms with Gasteiger partial charge in [0.1, 0.15) is 5.65 Å². The van der Waals surface area contributed by atoms with Crippen molar-refractivity contribution in [2.24, 2.45) is 0 Å². The van der Waals surface area contributed by atoms with Crippen molar-refractivity contribution in [2.75, 3.05) is 0 Å². The Labute approximate surface area is 91.6 Å². The van der Waals surface area contributed by atoms with Crippen LogP contribution in [0.1, 0.15) is 18.6 Å². The zero-order chi connectivity index (χ0) is 11.7. The molecule has 5 heteroatoms. The molecule has 0 saturated carbocycles. The van der Waals surface area contributed by atoms with Crippen LogP contribution >= 0.6 is 0 Å². The van der Waals surface area contributed by atoms with Crippen LogP contribution in [0.2, 0.25) is 0 Å². The highest BCUT2D eigenvalue weighted by Crippen LogP contribution is 2.26. The van der Waals surface area contributed by atoms with Gasteiger partial charge in [0.15, 0.2) is 5.75 Å². The predicted octanol–water partition coefficient (Wildman–Crippen LogP) is 1.62. The third-order valence-electron chi connectivity index (χ3n) is 2.12. The molecule has 0 saturated heterocycles. The average Bonchev–Trinajstić information content (AvgIpc) is 2.57. The molecule has 0 N–H and O–H groups in total. The molecule has 2 heterocycles. The number of aromatic nitrogens is 2. The molecule has 0 amide bonds. The quantitative estimate of drug-likeness (QED) is 0.682. The summed E-state index contributed by atoms with van der Waals surface area (Å²) in [5, 5.41) is 0.646. The lowest BCUT2D eigenvalue weighted by Crippen LogP contribution is -2.04. The highest BCUT2D eigenvalue weighted by Gasteiger charge is 2.13. The van der Waals surface area contributed by atoms with Crippen molar-refractivity contribution in [3.8, 4) is 5.75 Å². The van der Waals surface area contributed by atoms with Crippen LogP contribution in [-0.4, -0.2) is 21.4 Å². The number of carbonyl (C=O) groups excluding carboxylic acids is 2. The monoisotopic (exact) mass is 218 g/mol. The molecule has 0 bridgehead atoms. The van der Waals surface area contributed by atoms with Gasteiger partial charge in [0.25, 0.3) is 0 Å². The lowest BCUT2D eigenvalue weighted by molar-refractivity contribution is -0.131. The van der Waals surface area contributed by atoms with Crippen LogP contribution in [0, 0.1) is 0 Å². The van der Waals surface area contributed by atoms with Crippen LogP contribution in [0.15, 0.2) is 24.5 Å². The second-order valence-electron chi connectivity index (χ2n) is 3.35. The molecule has 16 heavy (non-hydrogen) atoms. The van der Waals surface area contributed by atoms with Gasteiger partial charge in [0, 0.05) is 20.0 Å². The fourth-order valence-corrected chi connectivity index (χ4v) is 1.51. The van der Waals surface area contributed by atoms with Gasteiger partial charge >= 0.3 is 5.97 Å². The van der Waals surface area contributed by atoms with Crippen LogP contribution in [0.25, 0.3) is 11.0 Å². The Kier molecular flexibility index (Phi) is 2.44. The number of ether oxygens (including phenoxy) is 1. The molecule has 0 fully saturated rings. The number of hydrogen-bond acceptors (Lipinski definition) is 4. The molecule has 0 aliphatic rings. The first-order valence-electron chi connectivity index (χ1n) is 4.75. The summed E-state index contributed by atoms with van der Waals surface area (Å²) in [4.78, 5) is 26.3. The number of hydrogen-bond donors (Lipinski definition) is 0. The van der Waals surface area contributed by atoms with Crippen LogP contribution in [-0.2, 0) is 4.79 Å². The van der Waals surface area contributed by atoms with E-state index in [9.17, 15) is 9.59 Å². The van der Waals surface area contributed by atoms with Gasteiger partial charge in [0.05, 0.1) is 11.6 Å². The Morgan fingerprint density at radius 3 is 2.75 bits per heavy atom. The van der Waals surface area contributed by atoms with Gasteiger partial charge in [-0.15, -0.1) is 0 Å². The molecule has 0 atom stereocenters. The maximum atomic E-state index is 11.3. The molecule has 0 aromatic carbocycles. The maximum Gasteiger partial charge on any atom is 0.308 e. The molecule has 0 spiro atoms. The highest BCUT2D eigenvalue weighted by atomic mass is 16.5. The Bertz CT molecular complexity index is 572. The zero-order valence-corrected chi connectivity index (χ0v) is 8.93. The number of fused-ring (bicyclic) bond motifs is 1. The van der Waals surface area contributed by atoms with Crippen LogP contribution < -0.4 is 4.74 Å². The predicted molar refractivity (Wildman–Crippen MR) is 57.3 cm³/mol. The normalized spacial score (nSPS) is 10.4. The van der Waals surface area contributed by atoms with Crippen molar-refractivity contribution in [1.82, 2.24) is 9.55 Å². The van der Waals surface area contributed by atoms with E-state index < -0.39 is 5.97 Å². The van der Waals surface area contributed by atoms with E-state index in [0.717, 1.165) is 0 Å². The smallest absolute Gasteiger partial charge is 0.308 e. The van der Waals surface area contributed by atoms with Crippen molar-refractivity contribution >= 4 is 22.9 Å². The van der Waals surface area contributed by atoms with Gasteiger partial charge in [-0.3, -0.25) is 14.2 Å². The Morgan fingerprint density at radius 1 is 1.38 bits per heavy atom. The fraction of sp³-hybridized carbons (Fsp3) is 0.182. The largest absolute Gasteiger partial charge is 0.424 e. The molecule has 2 aromatic heterocycles. The molecule has 5 nitrogen and oxygen atoms in total. The Morgan fingerprint density at radius 2 is 2.12 bits per heavy atom. The van der Waals surface area contributed by atoms with Gasteiger partial charge in [0.2, 0.25) is 5.91 Å². The molecule has 2 aromatic rings. The third kappa shape index (κ3) is 1.67. The molecule has 0 aliphatic heterocycles. The summed E-state index contributed by atoms with van der Waals surface area (Å²) in [5.74, 6) is -0.251. The number of carbonyl (C=O) groups is 2. The van der Waals surface area contributed by atoms with E-state index in [-0.39, 0.29) is 5.91 Å². The lowest BCUT2D eigenvalue weighted by atomic mass is 10.3. The SMILES string of the molecule is CC(=O)Oc1cn(C(C)=O)c2ncccc12. The number of nitrogens with zero attached hydrogens (tertiary/aromatic N) is 2. The molecular formula is C11H10N2O3. The summed E-state index contributed by atoms with van der Waals surface area (Å²) in [7, 11) is 0. The summed E-state index contributed by atoms with van der Waals surface area (Å²) >= 11 is 0. The highest BCUT2D eigenvalue weighted by molar-refractivity contribution is 5.94. The Balaban J connectivity index is 2.66. The standard InChI is InChI=1S/C11H10N2O3/c1-7(14)13-6-10(16-8(2)15)9-4-3-5-12-11(9)13/h3-6H,1-2H3. The summed E-state index contributed by atoms with van der Waals surface area (Å²) in [6.07, 6.45) is 3.06. The lowest BCUT2D eigenvalue weighted by Gasteiger charge is -1.96. The van der Waals surface area contributed by atoms with E-state index in [1.807, 2.05) is 0 Å². The zero-order valence-electron chi connectivity index (χ0n) is 8.93. The van der Waals surface area contributed by atoms with Gasteiger partial charge in [-0.05, 0) is 12.1 Å². The molecule has 0 radical (unpaired) electrons. The average molecular weight is 218 g/mol. The fourth-order valence-electron chi connectivity index (χ4n) is 1.51. The first kappa shape index (κ1) is 10.4. The number of esters is 1. The van der Waals surface area contributed by atoms with E-state index in [1.165, 1.54) is 24.6 Å². The maximum absolute atomic E-state index is 11.3. The van der Waals surface area contributed by atoms with Crippen molar-refractivity contribution < 1.29 is 14.3 Å². The van der Waals surface area contributed by atoms with Gasteiger partial charge in [-0.2, -0.15) is 0 Å². The minimum atomic E-state index is -0.425. The second-order valence-corrected chi connectivity index (χ2v) is 3.35. The van der Waals surface area contributed by atoms with Gasteiger partial charge in [-0.1, -0.05) is 0 Å². The third-order valence-corrected chi connectivity index (χ3v) is 2.12. The summed E-state index contributed by atoms with van der Waals surface area (Å²) < 4.78 is 6.36. The van der Waals surface area contributed by atoms with Gasteiger partial charge in [-0.25, -0.2) is 4.98 Å². The molecule has 2 rings (SSSR count). The summed E-state index contributed by atoms with van der Waals surface area (Å²) in [6, 6.07) is 3.47. The van der Waals surface area contributed by atoms with Crippen LogP contribution in [0.5, 0.6) is 5.75 Å². The van der Waals surface area contributed by atoms with Crippen molar-refractivity contribution in [3.63, 3.8) is 0 Å². The second kappa shape index (κ2) is 3.77. The molecule has 0 aliphatic carbocycles. The summed E-state index contributed by atoms with van der Waals surface area (Å²) in [6.45, 7) is 2.74. The Hall–Kier alpha value is -2.17. The van der Waals surface area contributed by atoms with Crippen molar-refractivity contribution in [2.45, 2.75) is 13.8 Å². The van der Waals surface area contributed by atoms with Crippen molar-refractivity contribution in [3.05, 3.63) is 24.5 Å². The van der Waals surface area contributed by atoms with Crippen LogP contribution in [0.4, 0.5) is 0 Å². The minimum Gasteiger partial charge on any atom is -0.424 e. The molecule has 0 unspecified atom stereocenters. The van der Waals surface area contributed by atoms with E-state index in [0.29, 0.717) is 16.8 Å². The van der Waals surface area contributed by atoms with Crippen LogP contribution in [0.3, 0.4) is 0 Å². The minimum absolute atomic E-state index is 0.179. The van der Waals surface area contributed by atoms with E-state index in [4.69, 9.17) is 4.74 Å². The molecular weight excluding hydrogens is 208 g/mol. The van der Waals surface area contributed by atoms with E-state index >= 15 is 0 Å². The topological polar surface area (TPSA) is 61.2 Å². The summed E-state index contributed by atoms with van der Waals surface area (Å²) in [5.41, 5.74) is 0.492. The van der Waals surface area contributed by atoms with Crippen molar-refractivity contribution in [1.29, 1.82) is 0 Å². The van der Waals surface area contributed by atoms with Gasteiger partial charge < -0.3 is 4.74 Å². The molecule has 82 valence electrons.